The Labute approximate surface area is 118 Å². The maximum Gasteiger partial charge on any atom is 0.389 e. The highest BCUT2D eigenvalue weighted by Crippen LogP contribution is 2.24. The zero-order chi connectivity index (χ0) is 15.4. The van der Waals surface area contributed by atoms with Crippen LogP contribution in [0.2, 0.25) is 0 Å². The maximum absolute atomic E-state index is 12.1. The number of hydrogen-bond acceptors (Lipinski definition) is 3. The van der Waals surface area contributed by atoms with Crippen LogP contribution in [-0.4, -0.2) is 50.3 Å². The van der Waals surface area contributed by atoms with E-state index in [1.165, 1.54) is 4.31 Å². The highest BCUT2D eigenvalue weighted by molar-refractivity contribution is 7.89. The lowest BCUT2D eigenvalue weighted by molar-refractivity contribution is -0.134. The van der Waals surface area contributed by atoms with Crippen molar-refractivity contribution >= 4 is 10.0 Å². The quantitative estimate of drug-likeness (QED) is 0.815. The lowest BCUT2D eigenvalue weighted by Gasteiger charge is -2.36. The van der Waals surface area contributed by atoms with E-state index in [2.05, 4.69) is 5.32 Å². The van der Waals surface area contributed by atoms with Gasteiger partial charge in [0, 0.05) is 25.6 Å². The van der Waals surface area contributed by atoms with Gasteiger partial charge in [-0.2, -0.15) is 13.2 Å². The van der Waals surface area contributed by atoms with Gasteiger partial charge in [0.2, 0.25) is 10.0 Å². The summed E-state index contributed by atoms with van der Waals surface area (Å²) in [5.74, 6) is -0.258. The molecule has 0 bridgehead atoms. The third-order valence-corrected chi connectivity index (χ3v) is 5.51. The van der Waals surface area contributed by atoms with Crippen LogP contribution in [-0.2, 0) is 10.0 Å². The molecule has 8 heteroatoms. The minimum absolute atomic E-state index is 0.168. The van der Waals surface area contributed by atoms with Crippen LogP contribution < -0.4 is 5.32 Å². The van der Waals surface area contributed by atoms with Gasteiger partial charge in [-0.05, 0) is 25.3 Å². The molecule has 20 heavy (non-hydrogen) atoms. The molecule has 0 radical (unpaired) electrons. The number of rotatable bonds is 6. The lowest BCUT2D eigenvalue weighted by Crippen LogP contribution is -2.50. The fourth-order valence-electron chi connectivity index (χ4n) is 2.51. The van der Waals surface area contributed by atoms with Gasteiger partial charge in [-0.25, -0.2) is 12.7 Å². The summed E-state index contributed by atoms with van der Waals surface area (Å²) in [6.45, 7) is 5.55. The first-order valence-corrected chi connectivity index (χ1v) is 8.54. The average Bonchev–Trinajstić information content (AvgIpc) is 2.29. The van der Waals surface area contributed by atoms with Crippen molar-refractivity contribution in [2.24, 2.45) is 5.92 Å². The number of alkyl halides is 3. The standard InChI is InChI=1S/C12H23F3N2O2S/c1-3-16-11-5-7-17(9-10(11)2)20(18,19)8-4-6-12(13,14)15/h10-11,16H,3-9H2,1-2H3. The van der Waals surface area contributed by atoms with E-state index in [9.17, 15) is 21.6 Å². The van der Waals surface area contributed by atoms with Crippen molar-refractivity contribution in [2.45, 2.75) is 45.3 Å². The Hall–Kier alpha value is -0.340. The summed E-state index contributed by atoms with van der Waals surface area (Å²) in [6, 6.07) is 0.279. The van der Waals surface area contributed by atoms with Crippen molar-refractivity contribution in [3.05, 3.63) is 0 Å². The Kier molecular flexibility index (Phi) is 6.27. The van der Waals surface area contributed by atoms with E-state index < -0.39 is 28.4 Å². The Bertz CT molecular complexity index is 398. The molecule has 0 aromatic heterocycles. The van der Waals surface area contributed by atoms with Crippen LogP contribution in [0.3, 0.4) is 0 Å². The van der Waals surface area contributed by atoms with Gasteiger partial charge in [0.15, 0.2) is 0 Å². The molecular weight excluding hydrogens is 293 g/mol. The molecule has 1 heterocycles. The van der Waals surface area contributed by atoms with E-state index in [4.69, 9.17) is 0 Å². The second kappa shape index (κ2) is 7.09. The van der Waals surface area contributed by atoms with Crippen LogP contribution in [0.25, 0.3) is 0 Å². The summed E-state index contributed by atoms with van der Waals surface area (Å²) in [6.07, 6.45) is -5.00. The minimum atomic E-state index is -4.29. The number of nitrogens with zero attached hydrogens (tertiary/aromatic N) is 1. The van der Waals surface area contributed by atoms with Crippen LogP contribution in [0.5, 0.6) is 0 Å². The molecule has 1 saturated heterocycles. The summed E-state index contributed by atoms with van der Waals surface area (Å²) in [5, 5.41) is 3.30. The van der Waals surface area contributed by atoms with Gasteiger partial charge < -0.3 is 5.32 Å². The fourth-order valence-corrected chi connectivity index (χ4v) is 4.12. The highest BCUT2D eigenvalue weighted by atomic mass is 32.2. The van der Waals surface area contributed by atoms with Gasteiger partial charge in [-0.15, -0.1) is 0 Å². The molecule has 1 rings (SSSR count). The van der Waals surface area contributed by atoms with Crippen molar-refractivity contribution in [3.8, 4) is 0 Å². The van der Waals surface area contributed by atoms with E-state index >= 15 is 0 Å². The molecule has 4 nitrogen and oxygen atoms in total. The predicted molar refractivity (Wildman–Crippen MR) is 71.9 cm³/mol. The SMILES string of the molecule is CCNC1CCN(S(=O)(=O)CCCC(F)(F)F)CC1C. The van der Waals surface area contributed by atoms with Gasteiger partial charge in [0.1, 0.15) is 0 Å². The zero-order valence-corrected chi connectivity index (χ0v) is 12.7. The number of piperidine rings is 1. The van der Waals surface area contributed by atoms with E-state index in [1.807, 2.05) is 13.8 Å². The molecule has 2 unspecified atom stereocenters. The molecule has 2 atom stereocenters. The smallest absolute Gasteiger partial charge is 0.314 e. The average molecular weight is 316 g/mol. The first kappa shape index (κ1) is 17.7. The summed E-state index contributed by atoms with van der Waals surface area (Å²) >= 11 is 0. The third kappa shape index (κ3) is 5.57. The molecule has 0 aromatic carbocycles. The van der Waals surface area contributed by atoms with Gasteiger partial charge in [-0.3, -0.25) is 0 Å². The van der Waals surface area contributed by atoms with Crippen LogP contribution in [0.4, 0.5) is 13.2 Å². The van der Waals surface area contributed by atoms with Crippen molar-refractivity contribution < 1.29 is 21.6 Å². The first-order chi connectivity index (χ1) is 9.15. The normalized spacial score (nSPS) is 25.9. The Morgan fingerprint density at radius 2 is 2.00 bits per heavy atom. The molecule has 0 amide bonds. The fraction of sp³-hybridized carbons (Fsp3) is 1.00. The van der Waals surface area contributed by atoms with Gasteiger partial charge in [0.05, 0.1) is 5.75 Å². The van der Waals surface area contributed by atoms with Crippen molar-refractivity contribution in [1.29, 1.82) is 0 Å². The van der Waals surface area contributed by atoms with Crippen LogP contribution in [0.1, 0.15) is 33.1 Å². The van der Waals surface area contributed by atoms with Crippen LogP contribution in [0.15, 0.2) is 0 Å². The maximum atomic E-state index is 12.1. The summed E-state index contributed by atoms with van der Waals surface area (Å²) in [5.41, 5.74) is 0. The zero-order valence-electron chi connectivity index (χ0n) is 11.9. The van der Waals surface area contributed by atoms with Gasteiger partial charge >= 0.3 is 6.18 Å². The summed E-state index contributed by atoms with van der Waals surface area (Å²) in [4.78, 5) is 0. The Morgan fingerprint density at radius 3 is 2.50 bits per heavy atom. The highest BCUT2D eigenvalue weighted by Gasteiger charge is 2.33. The van der Waals surface area contributed by atoms with Gasteiger partial charge in [0.25, 0.3) is 0 Å². The molecule has 0 aromatic rings. The first-order valence-electron chi connectivity index (χ1n) is 6.93. The molecule has 1 N–H and O–H groups in total. The summed E-state index contributed by atoms with van der Waals surface area (Å²) < 4.78 is 61.5. The summed E-state index contributed by atoms with van der Waals surface area (Å²) in [7, 11) is -3.57. The van der Waals surface area contributed by atoms with E-state index in [-0.39, 0.29) is 18.4 Å². The number of sulfonamides is 1. The van der Waals surface area contributed by atoms with E-state index in [0.717, 1.165) is 6.54 Å². The molecule has 1 aliphatic heterocycles. The van der Waals surface area contributed by atoms with Crippen molar-refractivity contribution in [2.75, 3.05) is 25.4 Å². The largest absolute Gasteiger partial charge is 0.389 e. The molecule has 1 fully saturated rings. The molecule has 0 spiro atoms. The second-order valence-corrected chi connectivity index (χ2v) is 7.41. The van der Waals surface area contributed by atoms with Crippen LogP contribution in [0, 0.1) is 5.92 Å². The molecule has 0 saturated carbocycles. The Morgan fingerprint density at radius 1 is 1.35 bits per heavy atom. The minimum Gasteiger partial charge on any atom is -0.314 e. The van der Waals surface area contributed by atoms with E-state index in [1.54, 1.807) is 0 Å². The predicted octanol–water partition coefficient (Wildman–Crippen LogP) is 1.98. The number of halogens is 3. The molecule has 120 valence electrons. The number of hydrogen-bond donors (Lipinski definition) is 1. The van der Waals surface area contributed by atoms with Crippen molar-refractivity contribution in [1.82, 2.24) is 9.62 Å². The molecule has 1 aliphatic rings. The number of nitrogens with one attached hydrogen (secondary N) is 1. The monoisotopic (exact) mass is 316 g/mol. The second-order valence-electron chi connectivity index (χ2n) is 5.32. The topological polar surface area (TPSA) is 49.4 Å². The van der Waals surface area contributed by atoms with Gasteiger partial charge in [-0.1, -0.05) is 13.8 Å². The molecular formula is C12H23F3N2O2S. The molecule has 0 aliphatic carbocycles. The van der Waals surface area contributed by atoms with Crippen LogP contribution >= 0.6 is 0 Å². The van der Waals surface area contributed by atoms with Crippen molar-refractivity contribution in [3.63, 3.8) is 0 Å². The lowest BCUT2D eigenvalue weighted by atomic mass is 9.95. The Balaban J connectivity index is 2.49. The van der Waals surface area contributed by atoms with E-state index in [0.29, 0.717) is 19.5 Å². The third-order valence-electron chi connectivity index (χ3n) is 3.59.